The SMILES string of the molecule is CCc1c(Cl)nc(-c2ccc(O)cc2)nc1Cl. The minimum Gasteiger partial charge on any atom is -0.508 e. The molecule has 2 rings (SSSR count). The van der Waals surface area contributed by atoms with Crippen LogP contribution in [0.3, 0.4) is 0 Å². The second kappa shape index (κ2) is 4.90. The number of halogens is 2. The highest BCUT2D eigenvalue weighted by molar-refractivity contribution is 6.34. The van der Waals surface area contributed by atoms with Crippen molar-refractivity contribution in [3.63, 3.8) is 0 Å². The molecule has 88 valence electrons. The van der Waals surface area contributed by atoms with Crippen LogP contribution in [-0.4, -0.2) is 15.1 Å². The summed E-state index contributed by atoms with van der Waals surface area (Å²) in [5.74, 6) is 0.647. The van der Waals surface area contributed by atoms with Crippen LogP contribution in [0.15, 0.2) is 24.3 Å². The largest absolute Gasteiger partial charge is 0.508 e. The van der Waals surface area contributed by atoms with Crippen LogP contribution in [0.4, 0.5) is 0 Å². The van der Waals surface area contributed by atoms with Crippen molar-refractivity contribution >= 4 is 23.2 Å². The number of aromatic hydroxyl groups is 1. The summed E-state index contributed by atoms with van der Waals surface area (Å²) in [6.45, 7) is 1.94. The predicted molar refractivity (Wildman–Crippen MR) is 68.5 cm³/mol. The zero-order valence-electron chi connectivity index (χ0n) is 9.11. The molecule has 0 fully saturated rings. The van der Waals surface area contributed by atoms with E-state index in [4.69, 9.17) is 23.2 Å². The Morgan fingerprint density at radius 1 is 1.06 bits per heavy atom. The smallest absolute Gasteiger partial charge is 0.162 e. The Morgan fingerprint density at radius 3 is 2.06 bits per heavy atom. The highest BCUT2D eigenvalue weighted by Gasteiger charge is 2.11. The van der Waals surface area contributed by atoms with Crippen LogP contribution in [-0.2, 0) is 6.42 Å². The van der Waals surface area contributed by atoms with Gasteiger partial charge < -0.3 is 5.11 Å². The van der Waals surface area contributed by atoms with E-state index in [1.807, 2.05) is 6.92 Å². The van der Waals surface area contributed by atoms with E-state index in [9.17, 15) is 5.11 Å². The minimum absolute atomic E-state index is 0.191. The van der Waals surface area contributed by atoms with Gasteiger partial charge in [-0.15, -0.1) is 0 Å². The average Bonchev–Trinajstić information content (AvgIpc) is 2.29. The summed E-state index contributed by atoms with van der Waals surface area (Å²) in [6.07, 6.45) is 0.688. The lowest BCUT2D eigenvalue weighted by atomic mass is 10.2. The molecular formula is C12H10Cl2N2O. The molecule has 0 atom stereocenters. The first-order valence-corrected chi connectivity index (χ1v) is 5.88. The summed E-state index contributed by atoms with van der Waals surface area (Å²) in [6, 6.07) is 6.55. The Morgan fingerprint density at radius 2 is 1.59 bits per heavy atom. The topological polar surface area (TPSA) is 46.0 Å². The van der Waals surface area contributed by atoms with E-state index >= 15 is 0 Å². The number of phenols is 1. The van der Waals surface area contributed by atoms with Gasteiger partial charge >= 0.3 is 0 Å². The fourth-order valence-corrected chi connectivity index (χ4v) is 2.12. The predicted octanol–water partition coefficient (Wildman–Crippen LogP) is 3.72. The zero-order chi connectivity index (χ0) is 12.4. The van der Waals surface area contributed by atoms with Crippen LogP contribution in [0.5, 0.6) is 5.75 Å². The summed E-state index contributed by atoms with van der Waals surface area (Å²) < 4.78 is 0. The molecule has 0 amide bonds. The number of hydrogen-bond donors (Lipinski definition) is 1. The lowest BCUT2D eigenvalue weighted by Gasteiger charge is -2.06. The van der Waals surface area contributed by atoms with E-state index in [-0.39, 0.29) is 5.75 Å². The van der Waals surface area contributed by atoms with Gasteiger partial charge in [-0.05, 0) is 30.7 Å². The van der Waals surface area contributed by atoms with E-state index in [2.05, 4.69) is 9.97 Å². The first-order valence-electron chi connectivity index (χ1n) is 5.13. The fraction of sp³-hybridized carbons (Fsp3) is 0.167. The van der Waals surface area contributed by atoms with Gasteiger partial charge in [0.1, 0.15) is 16.1 Å². The van der Waals surface area contributed by atoms with Crippen molar-refractivity contribution in [2.24, 2.45) is 0 Å². The highest BCUT2D eigenvalue weighted by atomic mass is 35.5. The third-order valence-electron chi connectivity index (χ3n) is 2.39. The molecule has 0 unspecified atom stereocenters. The Balaban J connectivity index is 2.50. The minimum atomic E-state index is 0.191. The van der Waals surface area contributed by atoms with Crippen molar-refractivity contribution < 1.29 is 5.11 Å². The van der Waals surface area contributed by atoms with Gasteiger partial charge in [-0.25, -0.2) is 9.97 Å². The Hall–Kier alpha value is -1.32. The van der Waals surface area contributed by atoms with Crippen molar-refractivity contribution in [1.29, 1.82) is 0 Å². The maximum absolute atomic E-state index is 9.20. The summed E-state index contributed by atoms with van der Waals surface area (Å²) in [5, 5.41) is 9.94. The van der Waals surface area contributed by atoms with Crippen LogP contribution in [0.1, 0.15) is 12.5 Å². The number of benzene rings is 1. The van der Waals surface area contributed by atoms with Crippen LogP contribution < -0.4 is 0 Å². The van der Waals surface area contributed by atoms with Gasteiger partial charge in [0.2, 0.25) is 0 Å². The molecule has 0 aliphatic heterocycles. The molecule has 0 bridgehead atoms. The monoisotopic (exact) mass is 268 g/mol. The Kier molecular flexibility index (Phi) is 3.50. The van der Waals surface area contributed by atoms with Crippen molar-refractivity contribution in [2.45, 2.75) is 13.3 Å². The molecular weight excluding hydrogens is 259 g/mol. The number of aromatic nitrogens is 2. The van der Waals surface area contributed by atoms with Gasteiger partial charge in [0.25, 0.3) is 0 Å². The van der Waals surface area contributed by atoms with Crippen molar-refractivity contribution in [1.82, 2.24) is 9.97 Å². The Labute approximate surface area is 109 Å². The number of hydrogen-bond acceptors (Lipinski definition) is 3. The van der Waals surface area contributed by atoms with Gasteiger partial charge in [-0.2, -0.15) is 0 Å². The maximum Gasteiger partial charge on any atom is 0.162 e. The van der Waals surface area contributed by atoms with Crippen molar-refractivity contribution in [3.8, 4) is 17.1 Å². The van der Waals surface area contributed by atoms with Crippen LogP contribution >= 0.6 is 23.2 Å². The van der Waals surface area contributed by atoms with E-state index < -0.39 is 0 Å². The summed E-state index contributed by atoms with van der Waals surface area (Å²) in [5.41, 5.74) is 1.50. The van der Waals surface area contributed by atoms with Gasteiger partial charge in [-0.3, -0.25) is 0 Å². The first kappa shape index (κ1) is 12.1. The molecule has 1 N–H and O–H groups in total. The normalized spacial score (nSPS) is 10.5. The van der Waals surface area contributed by atoms with E-state index in [0.717, 1.165) is 11.1 Å². The number of rotatable bonds is 2. The van der Waals surface area contributed by atoms with Crippen molar-refractivity contribution in [3.05, 3.63) is 40.1 Å². The first-order chi connectivity index (χ1) is 8.11. The summed E-state index contributed by atoms with van der Waals surface area (Å²) in [7, 11) is 0. The van der Waals surface area contributed by atoms with Gasteiger partial charge in [0, 0.05) is 11.1 Å². The lowest BCUT2D eigenvalue weighted by molar-refractivity contribution is 0.475. The van der Waals surface area contributed by atoms with Gasteiger partial charge in [0.15, 0.2) is 5.82 Å². The fourth-order valence-electron chi connectivity index (χ4n) is 1.46. The van der Waals surface area contributed by atoms with Crippen LogP contribution in [0.25, 0.3) is 11.4 Å². The van der Waals surface area contributed by atoms with Crippen molar-refractivity contribution in [2.75, 3.05) is 0 Å². The molecule has 1 aromatic heterocycles. The second-order valence-corrected chi connectivity index (χ2v) is 4.22. The molecule has 1 heterocycles. The average molecular weight is 269 g/mol. The van der Waals surface area contributed by atoms with Crippen LogP contribution in [0.2, 0.25) is 10.3 Å². The van der Waals surface area contributed by atoms with Gasteiger partial charge in [0.05, 0.1) is 0 Å². The third-order valence-corrected chi connectivity index (χ3v) is 3.01. The van der Waals surface area contributed by atoms with E-state index in [0.29, 0.717) is 22.6 Å². The quantitative estimate of drug-likeness (QED) is 0.845. The molecule has 0 saturated heterocycles. The standard InChI is InChI=1S/C12H10Cl2N2O/c1-2-9-10(13)15-12(16-11(9)14)7-3-5-8(17)6-4-7/h3-6,17H,2H2,1H3. The Bertz CT molecular complexity index is 518. The molecule has 17 heavy (non-hydrogen) atoms. The molecule has 3 nitrogen and oxygen atoms in total. The number of phenolic OH excluding ortho intramolecular Hbond substituents is 1. The van der Waals surface area contributed by atoms with Crippen LogP contribution in [0, 0.1) is 0 Å². The second-order valence-electron chi connectivity index (χ2n) is 3.51. The highest BCUT2D eigenvalue weighted by Crippen LogP contribution is 2.26. The third kappa shape index (κ3) is 2.51. The molecule has 1 aromatic carbocycles. The van der Waals surface area contributed by atoms with Gasteiger partial charge in [-0.1, -0.05) is 30.1 Å². The molecule has 5 heteroatoms. The number of nitrogens with zero attached hydrogens (tertiary/aromatic N) is 2. The zero-order valence-corrected chi connectivity index (χ0v) is 10.6. The lowest BCUT2D eigenvalue weighted by Crippen LogP contribution is -1.96. The molecule has 0 radical (unpaired) electrons. The molecule has 0 saturated carbocycles. The van der Waals surface area contributed by atoms with E-state index in [1.54, 1.807) is 24.3 Å². The summed E-state index contributed by atoms with van der Waals surface area (Å²) >= 11 is 12.1. The molecule has 2 aromatic rings. The molecule has 0 spiro atoms. The van der Waals surface area contributed by atoms with E-state index in [1.165, 1.54) is 0 Å². The molecule has 0 aliphatic rings. The maximum atomic E-state index is 9.20. The summed E-state index contributed by atoms with van der Waals surface area (Å²) in [4.78, 5) is 8.39. The molecule has 0 aliphatic carbocycles.